The maximum absolute atomic E-state index is 11.2. The van der Waals surface area contributed by atoms with Crippen LogP contribution >= 0.6 is 0 Å². The summed E-state index contributed by atoms with van der Waals surface area (Å²) in [6, 6.07) is 0.0370. The fraction of sp³-hybridized carbons (Fsp3) is 0.429. The zero-order chi connectivity index (χ0) is 16.4. The number of hydrogen-bond acceptors (Lipinski definition) is 8. The molecule has 1 aromatic heterocycles. The van der Waals surface area contributed by atoms with Crippen LogP contribution in [0.2, 0.25) is 0 Å². The third-order valence-electron chi connectivity index (χ3n) is 3.83. The number of anilines is 2. The van der Waals surface area contributed by atoms with E-state index in [-0.39, 0.29) is 24.3 Å². The predicted octanol–water partition coefficient (Wildman–Crippen LogP) is -0.340. The van der Waals surface area contributed by atoms with Gasteiger partial charge in [-0.1, -0.05) is 0 Å². The third-order valence-corrected chi connectivity index (χ3v) is 3.83. The molecule has 122 valence electrons. The Kier molecular flexibility index (Phi) is 4.11. The minimum Gasteiger partial charge on any atom is -0.456 e. The van der Waals surface area contributed by atoms with E-state index in [1.807, 2.05) is 4.90 Å². The number of aromatic nitrogens is 2. The van der Waals surface area contributed by atoms with Gasteiger partial charge in [0.15, 0.2) is 0 Å². The number of amidine groups is 1. The molecule has 1 atom stereocenters. The van der Waals surface area contributed by atoms with Gasteiger partial charge < -0.3 is 26.4 Å². The standard InChI is InChI=1S/C14H19N7O2/c15-8-2-1-3-21(5-8)13(17)11-12(16)18-7-19-14(11)20-9-4-10(22)23-6-9/h4,7-8,17H,1-3,5-6,15H2,(H3,16,18,19,20)/t8-/m1/s1. The first-order valence-corrected chi connectivity index (χ1v) is 7.39. The van der Waals surface area contributed by atoms with Gasteiger partial charge in [-0.05, 0) is 12.8 Å². The summed E-state index contributed by atoms with van der Waals surface area (Å²) in [4.78, 5) is 21.2. The Morgan fingerprint density at radius 1 is 1.48 bits per heavy atom. The summed E-state index contributed by atoms with van der Waals surface area (Å²) in [7, 11) is 0. The highest BCUT2D eigenvalue weighted by molar-refractivity contribution is 6.04. The van der Waals surface area contributed by atoms with E-state index >= 15 is 0 Å². The molecule has 1 fully saturated rings. The smallest absolute Gasteiger partial charge is 0.333 e. The topological polar surface area (TPSA) is 143 Å². The van der Waals surface area contributed by atoms with Crippen molar-refractivity contribution in [2.24, 2.45) is 5.73 Å². The Hall–Kier alpha value is -2.68. The Bertz CT molecular complexity index is 673. The molecule has 0 amide bonds. The molecule has 0 aromatic carbocycles. The molecule has 0 bridgehead atoms. The molecule has 0 unspecified atom stereocenters. The highest BCUT2D eigenvalue weighted by Crippen LogP contribution is 2.23. The van der Waals surface area contributed by atoms with E-state index in [9.17, 15) is 4.79 Å². The molecule has 2 aliphatic heterocycles. The number of nitrogens with one attached hydrogen (secondary N) is 2. The number of ether oxygens (including phenoxy) is 1. The molecule has 2 aliphatic rings. The Labute approximate surface area is 133 Å². The highest BCUT2D eigenvalue weighted by atomic mass is 16.5. The number of hydrogen-bond donors (Lipinski definition) is 4. The summed E-state index contributed by atoms with van der Waals surface area (Å²) in [5.74, 6) is 0.406. The number of rotatable bonds is 3. The number of piperidine rings is 1. The maximum atomic E-state index is 11.2. The van der Waals surface area contributed by atoms with Crippen molar-refractivity contribution in [1.82, 2.24) is 14.9 Å². The average Bonchev–Trinajstić information content (AvgIpc) is 2.92. The molecule has 0 saturated carbocycles. The predicted molar refractivity (Wildman–Crippen MR) is 84.7 cm³/mol. The first kappa shape index (κ1) is 15.2. The van der Waals surface area contributed by atoms with Crippen LogP contribution in [0.25, 0.3) is 0 Å². The summed E-state index contributed by atoms with van der Waals surface area (Å²) >= 11 is 0. The lowest BCUT2D eigenvalue weighted by molar-refractivity contribution is -0.134. The van der Waals surface area contributed by atoms with Crippen LogP contribution in [-0.2, 0) is 9.53 Å². The van der Waals surface area contributed by atoms with Crippen LogP contribution in [0.3, 0.4) is 0 Å². The second kappa shape index (κ2) is 6.21. The summed E-state index contributed by atoms with van der Waals surface area (Å²) in [5.41, 5.74) is 12.9. The molecule has 3 heterocycles. The van der Waals surface area contributed by atoms with Crippen molar-refractivity contribution in [2.45, 2.75) is 18.9 Å². The molecule has 6 N–H and O–H groups in total. The molecular formula is C14H19N7O2. The number of cyclic esters (lactones) is 1. The van der Waals surface area contributed by atoms with Crippen molar-refractivity contribution in [3.8, 4) is 0 Å². The second-order valence-electron chi connectivity index (χ2n) is 5.58. The summed E-state index contributed by atoms with van der Waals surface area (Å²) in [6.45, 7) is 1.48. The lowest BCUT2D eigenvalue weighted by Crippen LogP contribution is -2.46. The van der Waals surface area contributed by atoms with E-state index in [1.54, 1.807) is 0 Å². The molecule has 0 spiro atoms. The second-order valence-corrected chi connectivity index (χ2v) is 5.58. The monoisotopic (exact) mass is 317 g/mol. The summed E-state index contributed by atoms with van der Waals surface area (Å²) in [6.07, 6.45) is 4.53. The molecule has 1 aromatic rings. The van der Waals surface area contributed by atoms with Gasteiger partial charge in [-0.2, -0.15) is 0 Å². The molecule has 3 rings (SSSR count). The maximum Gasteiger partial charge on any atom is 0.333 e. The third kappa shape index (κ3) is 3.24. The number of esters is 1. The Balaban J connectivity index is 1.87. The van der Waals surface area contributed by atoms with Gasteiger partial charge in [0.25, 0.3) is 0 Å². The normalized spacial score (nSPS) is 20.9. The fourth-order valence-corrected chi connectivity index (χ4v) is 2.70. The van der Waals surface area contributed by atoms with Gasteiger partial charge in [0.1, 0.15) is 36.0 Å². The number of carbonyl (C=O) groups excluding carboxylic acids is 1. The van der Waals surface area contributed by atoms with Crippen LogP contribution in [0.5, 0.6) is 0 Å². The van der Waals surface area contributed by atoms with Gasteiger partial charge in [-0.15, -0.1) is 0 Å². The number of nitrogens with two attached hydrogens (primary N) is 2. The van der Waals surface area contributed by atoms with Crippen molar-refractivity contribution in [3.05, 3.63) is 23.7 Å². The van der Waals surface area contributed by atoms with E-state index in [2.05, 4.69) is 15.3 Å². The van der Waals surface area contributed by atoms with Crippen LogP contribution < -0.4 is 16.8 Å². The molecule has 0 aliphatic carbocycles. The first-order chi connectivity index (χ1) is 11.0. The van der Waals surface area contributed by atoms with Crippen molar-refractivity contribution in [1.29, 1.82) is 5.41 Å². The molecule has 23 heavy (non-hydrogen) atoms. The lowest BCUT2D eigenvalue weighted by Gasteiger charge is -2.33. The highest BCUT2D eigenvalue weighted by Gasteiger charge is 2.25. The van der Waals surface area contributed by atoms with Gasteiger partial charge in [0.05, 0.1) is 5.70 Å². The van der Waals surface area contributed by atoms with Crippen LogP contribution in [0.4, 0.5) is 11.6 Å². The average molecular weight is 317 g/mol. The van der Waals surface area contributed by atoms with E-state index < -0.39 is 5.97 Å². The molecule has 0 radical (unpaired) electrons. The lowest BCUT2D eigenvalue weighted by atomic mass is 10.1. The van der Waals surface area contributed by atoms with Gasteiger partial charge >= 0.3 is 5.97 Å². The van der Waals surface area contributed by atoms with Gasteiger partial charge in [0.2, 0.25) is 0 Å². The van der Waals surface area contributed by atoms with Crippen molar-refractivity contribution >= 4 is 23.4 Å². The van der Waals surface area contributed by atoms with Crippen LogP contribution in [0, 0.1) is 5.41 Å². The first-order valence-electron chi connectivity index (χ1n) is 7.39. The van der Waals surface area contributed by atoms with E-state index in [0.29, 0.717) is 23.6 Å². The van der Waals surface area contributed by atoms with Crippen molar-refractivity contribution in [3.63, 3.8) is 0 Å². The van der Waals surface area contributed by atoms with E-state index in [0.717, 1.165) is 19.4 Å². The molecule has 9 nitrogen and oxygen atoms in total. The molecule has 9 heteroatoms. The van der Waals surface area contributed by atoms with E-state index in [4.69, 9.17) is 21.6 Å². The van der Waals surface area contributed by atoms with Gasteiger partial charge in [-0.3, -0.25) is 5.41 Å². The van der Waals surface area contributed by atoms with E-state index in [1.165, 1.54) is 12.4 Å². The van der Waals surface area contributed by atoms with Crippen LogP contribution in [-0.4, -0.2) is 52.4 Å². The summed E-state index contributed by atoms with van der Waals surface area (Å²) < 4.78 is 4.85. The number of nitrogens with zero attached hydrogens (tertiary/aromatic N) is 3. The van der Waals surface area contributed by atoms with Crippen LogP contribution in [0.1, 0.15) is 18.4 Å². The van der Waals surface area contributed by atoms with Crippen LogP contribution in [0.15, 0.2) is 18.1 Å². The minimum absolute atomic E-state index is 0.0370. The Morgan fingerprint density at radius 2 is 2.30 bits per heavy atom. The largest absolute Gasteiger partial charge is 0.456 e. The SMILES string of the molecule is N=C(c1c(N)ncnc1NC1=CC(=O)OC1)N1CCC[C@@H](N)C1. The van der Waals surface area contributed by atoms with Crippen molar-refractivity contribution in [2.75, 3.05) is 30.7 Å². The van der Waals surface area contributed by atoms with Gasteiger partial charge in [0, 0.05) is 25.2 Å². The number of carbonyl (C=O) groups is 1. The molecular weight excluding hydrogens is 298 g/mol. The van der Waals surface area contributed by atoms with Gasteiger partial charge in [-0.25, -0.2) is 14.8 Å². The number of nitrogen functional groups attached to an aromatic ring is 1. The number of likely N-dealkylation sites (tertiary alicyclic amines) is 1. The zero-order valence-corrected chi connectivity index (χ0v) is 12.6. The quantitative estimate of drug-likeness (QED) is 0.337. The zero-order valence-electron chi connectivity index (χ0n) is 12.6. The minimum atomic E-state index is -0.409. The summed E-state index contributed by atoms with van der Waals surface area (Å²) in [5, 5.41) is 11.5. The Morgan fingerprint density at radius 3 is 3.00 bits per heavy atom. The molecule has 1 saturated heterocycles. The fourth-order valence-electron chi connectivity index (χ4n) is 2.70. The van der Waals surface area contributed by atoms with Crippen molar-refractivity contribution < 1.29 is 9.53 Å².